The van der Waals surface area contributed by atoms with Gasteiger partial charge < -0.3 is 10.5 Å². The molecule has 0 aromatic heterocycles. The van der Waals surface area contributed by atoms with Gasteiger partial charge in [-0.05, 0) is 18.9 Å². The Kier molecular flexibility index (Phi) is 2.93. The lowest BCUT2D eigenvalue weighted by atomic mass is 9.90. The summed E-state index contributed by atoms with van der Waals surface area (Å²) in [4.78, 5) is 10.0. The third-order valence-electron chi connectivity index (χ3n) is 2.72. The zero-order valence-corrected chi connectivity index (χ0v) is 9.00. The Morgan fingerprint density at radius 2 is 2.24 bits per heavy atom. The highest BCUT2D eigenvalue weighted by Crippen LogP contribution is 2.29. The second kappa shape index (κ2) is 4.39. The van der Waals surface area contributed by atoms with E-state index in [9.17, 15) is 10.1 Å². The van der Waals surface area contributed by atoms with E-state index in [-0.39, 0.29) is 23.4 Å². The highest BCUT2D eigenvalue weighted by molar-refractivity contribution is 5.50. The molecule has 0 heterocycles. The van der Waals surface area contributed by atoms with Crippen LogP contribution in [0.5, 0.6) is 5.75 Å². The van der Waals surface area contributed by atoms with Gasteiger partial charge in [0.15, 0.2) is 0 Å². The molecule has 1 aliphatic rings. The van der Waals surface area contributed by atoms with Crippen molar-refractivity contribution in [1.82, 2.24) is 0 Å². The fourth-order valence-electron chi connectivity index (χ4n) is 1.70. The monoisotopic (exact) mass is 233 g/mol. The number of nitro benzene ring substituents is 1. The summed E-state index contributed by atoms with van der Waals surface area (Å²) < 4.78 is 5.55. The van der Waals surface area contributed by atoms with Gasteiger partial charge in [0.25, 0.3) is 5.69 Å². The summed E-state index contributed by atoms with van der Waals surface area (Å²) in [6.07, 6.45) is 1.52. The normalized spacial score (nSPS) is 22.4. The number of non-ortho nitro benzene ring substituents is 1. The first-order valence-electron chi connectivity index (χ1n) is 5.21. The van der Waals surface area contributed by atoms with E-state index in [4.69, 9.17) is 15.7 Å². The highest BCUT2D eigenvalue weighted by atomic mass is 16.6. The molecule has 1 aromatic rings. The molecule has 1 aliphatic carbocycles. The van der Waals surface area contributed by atoms with Gasteiger partial charge in [0.05, 0.1) is 4.92 Å². The van der Waals surface area contributed by atoms with Crippen LogP contribution < -0.4 is 10.5 Å². The number of nitrogens with zero attached hydrogens (tertiary/aromatic N) is 2. The zero-order chi connectivity index (χ0) is 12.4. The van der Waals surface area contributed by atoms with E-state index in [1.807, 2.05) is 6.07 Å². The predicted molar refractivity (Wildman–Crippen MR) is 59.4 cm³/mol. The quantitative estimate of drug-likeness (QED) is 0.626. The number of benzene rings is 1. The van der Waals surface area contributed by atoms with E-state index in [0.717, 1.165) is 12.8 Å². The fourth-order valence-corrected chi connectivity index (χ4v) is 1.70. The van der Waals surface area contributed by atoms with Crippen LogP contribution in [-0.4, -0.2) is 17.1 Å². The Hall–Kier alpha value is -2.13. The minimum Gasteiger partial charge on any atom is -0.489 e. The molecule has 2 N–H and O–H groups in total. The largest absolute Gasteiger partial charge is 0.489 e. The lowest BCUT2D eigenvalue weighted by Gasteiger charge is -2.32. The lowest BCUT2D eigenvalue weighted by Crippen LogP contribution is -2.43. The minimum atomic E-state index is -0.538. The summed E-state index contributed by atoms with van der Waals surface area (Å²) in [7, 11) is 0. The van der Waals surface area contributed by atoms with Crippen LogP contribution in [0.15, 0.2) is 18.2 Å². The van der Waals surface area contributed by atoms with Crippen molar-refractivity contribution >= 4 is 5.69 Å². The molecule has 0 amide bonds. The van der Waals surface area contributed by atoms with Crippen molar-refractivity contribution in [2.75, 3.05) is 0 Å². The van der Waals surface area contributed by atoms with E-state index >= 15 is 0 Å². The highest BCUT2D eigenvalue weighted by Gasteiger charge is 2.28. The first-order chi connectivity index (χ1) is 8.10. The van der Waals surface area contributed by atoms with E-state index in [1.54, 1.807) is 0 Å². The van der Waals surface area contributed by atoms with E-state index in [2.05, 4.69) is 0 Å². The van der Waals surface area contributed by atoms with Crippen molar-refractivity contribution in [3.8, 4) is 11.8 Å². The SMILES string of the molecule is N#Cc1cc([N+](=O)[O-])ccc1OC1CC(N)C1. The first kappa shape index (κ1) is 11.4. The second-order valence-corrected chi connectivity index (χ2v) is 4.02. The zero-order valence-electron chi connectivity index (χ0n) is 9.00. The fraction of sp³-hybridized carbons (Fsp3) is 0.364. The molecule has 1 fully saturated rings. The molecule has 6 nitrogen and oxygen atoms in total. The molecule has 0 radical (unpaired) electrons. The van der Waals surface area contributed by atoms with E-state index in [0.29, 0.717) is 5.75 Å². The average molecular weight is 233 g/mol. The molecule has 6 heteroatoms. The van der Waals surface area contributed by atoms with Gasteiger partial charge in [-0.2, -0.15) is 5.26 Å². The third-order valence-corrected chi connectivity index (χ3v) is 2.72. The molecule has 88 valence electrons. The van der Waals surface area contributed by atoms with Crippen molar-refractivity contribution in [2.45, 2.75) is 25.0 Å². The molecular weight excluding hydrogens is 222 g/mol. The summed E-state index contributed by atoms with van der Waals surface area (Å²) in [6, 6.07) is 6.05. The van der Waals surface area contributed by atoms with Crippen LogP contribution in [0.25, 0.3) is 0 Å². The van der Waals surface area contributed by atoms with Crippen molar-refractivity contribution < 1.29 is 9.66 Å². The number of ether oxygens (including phenoxy) is 1. The molecule has 0 aliphatic heterocycles. The van der Waals surface area contributed by atoms with Crippen molar-refractivity contribution in [1.29, 1.82) is 5.26 Å². The first-order valence-corrected chi connectivity index (χ1v) is 5.21. The molecule has 0 saturated heterocycles. The number of nitro groups is 1. The summed E-state index contributed by atoms with van der Waals surface area (Å²) >= 11 is 0. The van der Waals surface area contributed by atoms with Crippen LogP contribution in [-0.2, 0) is 0 Å². The van der Waals surface area contributed by atoms with Gasteiger partial charge in [0.1, 0.15) is 23.5 Å². The summed E-state index contributed by atoms with van der Waals surface area (Å²) in [5.41, 5.74) is 5.69. The van der Waals surface area contributed by atoms with Crippen LogP contribution in [0.2, 0.25) is 0 Å². The van der Waals surface area contributed by atoms with Gasteiger partial charge in [-0.1, -0.05) is 0 Å². The number of rotatable bonds is 3. The topological polar surface area (TPSA) is 102 Å². The maximum Gasteiger partial charge on any atom is 0.271 e. The Morgan fingerprint density at radius 3 is 2.76 bits per heavy atom. The maximum atomic E-state index is 10.6. The second-order valence-electron chi connectivity index (χ2n) is 4.02. The Morgan fingerprint density at radius 1 is 1.53 bits per heavy atom. The number of hydrogen-bond acceptors (Lipinski definition) is 5. The minimum absolute atomic E-state index is 0.0126. The standard InChI is InChI=1S/C11H11N3O3/c12-6-7-3-9(14(15)16)1-2-11(7)17-10-4-8(13)5-10/h1-3,8,10H,4-5,13H2. The number of nitrogens with two attached hydrogens (primary N) is 1. The van der Waals surface area contributed by atoms with E-state index < -0.39 is 4.92 Å². The molecule has 17 heavy (non-hydrogen) atoms. The summed E-state index contributed by atoms with van der Waals surface area (Å²) in [5, 5.41) is 19.5. The Balaban J connectivity index is 2.17. The molecule has 1 saturated carbocycles. The van der Waals surface area contributed by atoms with Gasteiger partial charge in [-0.15, -0.1) is 0 Å². The Labute approximate surface area is 97.7 Å². The van der Waals surface area contributed by atoms with Crippen molar-refractivity contribution in [3.63, 3.8) is 0 Å². The molecule has 0 spiro atoms. The van der Waals surface area contributed by atoms with Crippen molar-refractivity contribution in [2.24, 2.45) is 5.73 Å². The van der Waals surface area contributed by atoms with Gasteiger partial charge in [0.2, 0.25) is 0 Å². The van der Waals surface area contributed by atoms with Gasteiger partial charge in [0, 0.05) is 18.2 Å². The van der Waals surface area contributed by atoms with Gasteiger partial charge >= 0.3 is 0 Å². The number of hydrogen-bond donors (Lipinski definition) is 1. The Bertz CT molecular complexity index is 489. The average Bonchev–Trinajstić information content (AvgIpc) is 2.27. The van der Waals surface area contributed by atoms with Crippen molar-refractivity contribution in [3.05, 3.63) is 33.9 Å². The lowest BCUT2D eigenvalue weighted by molar-refractivity contribution is -0.384. The molecule has 0 atom stereocenters. The van der Waals surface area contributed by atoms with Gasteiger partial charge in [-0.25, -0.2) is 0 Å². The van der Waals surface area contributed by atoms with Crippen LogP contribution in [0, 0.1) is 21.4 Å². The molecule has 0 unspecified atom stereocenters. The predicted octanol–water partition coefficient (Wildman–Crippen LogP) is 1.33. The molecule has 2 rings (SSSR count). The van der Waals surface area contributed by atoms with Crippen LogP contribution in [0.1, 0.15) is 18.4 Å². The number of nitriles is 1. The smallest absolute Gasteiger partial charge is 0.271 e. The van der Waals surface area contributed by atoms with Crippen LogP contribution >= 0.6 is 0 Å². The molecule has 0 bridgehead atoms. The molecular formula is C11H11N3O3. The van der Waals surface area contributed by atoms with Crippen LogP contribution in [0.4, 0.5) is 5.69 Å². The molecule has 1 aromatic carbocycles. The third kappa shape index (κ3) is 2.34. The van der Waals surface area contributed by atoms with Crippen LogP contribution in [0.3, 0.4) is 0 Å². The van der Waals surface area contributed by atoms with E-state index in [1.165, 1.54) is 18.2 Å². The summed E-state index contributed by atoms with van der Waals surface area (Å²) in [6.45, 7) is 0. The van der Waals surface area contributed by atoms with Gasteiger partial charge in [-0.3, -0.25) is 10.1 Å². The maximum absolute atomic E-state index is 10.6. The summed E-state index contributed by atoms with van der Waals surface area (Å²) in [5.74, 6) is 0.384.